The second-order valence-corrected chi connectivity index (χ2v) is 3.13. The van der Waals surface area contributed by atoms with Gasteiger partial charge in [-0.25, -0.2) is 0 Å². The van der Waals surface area contributed by atoms with Crippen LogP contribution in [0.4, 0.5) is 0 Å². The summed E-state index contributed by atoms with van der Waals surface area (Å²) in [7, 11) is -5.39. The number of rotatable bonds is 0. The van der Waals surface area contributed by atoms with Crippen LogP contribution in [-0.2, 0) is 4.57 Å². The zero-order valence-corrected chi connectivity index (χ0v) is 20.1. The summed E-state index contributed by atoms with van der Waals surface area (Å²) in [6.07, 6.45) is 0. The summed E-state index contributed by atoms with van der Waals surface area (Å²) < 4.78 is 8.55. The van der Waals surface area contributed by atoms with Gasteiger partial charge in [0.1, 0.15) is 5.75 Å². The van der Waals surface area contributed by atoms with Gasteiger partial charge in [0.15, 0.2) is 0 Å². The predicted molar refractivity (Wildman–Crippen MR) is 40.5 cm³/mol. The molecule has 0 bridgehead atoms. The number of aromatic hydroxyl groups is 1. The van der Waals surface area contributed by atoms with Crippen molar-refractivity contribution in [2.45, 2.75) is 6.92 Å². The molecule has 0 aliphatic carbocycles. The Morgan fingerprint density at radius 2 is 1.38 bits per heavy atom. The van der Waals surface area contributed by atoms with Crippen molar-refractivity contribution in [2.75, 3.05) is 0 Å². The molecule has 1 aromatic carbocycles. The third-order valence-electron chi connectivity index (χ3n) is 1.12. The van der Waals surface area contributed by atoms with Crippen molar-refractivity contribution in [1.29, 1.82) is 0 Å². The molecule has 0 amide bonds. The minimum Gasteiger partial charge on any atom is -0.822 e. The standard InChI is InChI=1S/C7H8O.3K.H3O4P/c1-6-4-2-3-5-7(6)8;;;;1-5(2,3)4/h2-5,8H,1H3;;;;(H3,1,2,3,4)/q;3*+1;/p-3. The Morgan fingerprint density at radius 1 is 1.06 bits per heavy atom. The molecule has 0 radical (unpaired) electrons. The molecule has 74 valence electrons. The third-order valence-corrected chi connectivity index (χ3v) is 1.12. The van der Waals surface area contributed by atoms with Crippen LogP contribution in [-0.4, -0.2) is 5.11 Å². The van der Waals surface area contributed by atoms with E-state index in [0.717, 1.165) is 5.56 Å². The maximum atomic E-state index is 8.92. The smallest absolute Gasteiger partial charge is 0.822 e. The van der Waals surface area contributed by atoms with Crippen molar-refractivity contribution in [2.24, 2.45) is 0 Å². The molecule has 1 rings (SSSR count). The van der Waals surface area contributed by atoms with Gasteiger partial charge in [0.05, 0.1) is 0 Å². The van der Waals surface area contributed by atoms with Gasteiger partial charge in [0.2, 0.25) is 0 Å². The maximum absolute atomic E-state index is 8.92. The normalized spacial score (nSPS) is 8.25. The average Bonchev–Trinajstić information content (AvgIpc) is 1.92. The van der Waals surface area contributed by atoms with Crippen LogP contribution in [0.2, 0.25) is 0 Å². The van der Waals surface area contributed by atoms with Crippen LogP contribution < -0.4 is 169 Å². The van der Waals surface area contributed by atoms with Gasteiger partial charge in [0, 0.05) is 0 Å². The van der Waals surface area contributed by atoms with Gasteiger partial charge in [0.25, 0.3) is 0 Å². The summed E-state index contributed by atoms with van der Waals surface area (Å²) in [4.78, 5) is 25.6. The number of phenols is 1. The van der Waals surface area contributed by atoms with Crippen molar-refractivity contribution in [3.05, 3.63) is 29.8 Å². The number of benzene rings is 1. The van der Waals surface area contributed by atoms with Crippen LogP contribution in [0, 0.1) is 6.92 Å². The molecule has 0 unspecified atom stereocenters. The second kappa shape index (κ2) is 15.4. The Morgan fingerprint density at radius 3 is 1.56 bits per heavy atom. The number of phosphoric acid groups is 1. The molecular formula is C7H8K3O5P. The minimum atomic E-state index is -5.39. The van der Waals surface area contributed by atoms with Gasteiger partial charge in [-0.05, 0) is 18.6 Å². The molecule has 0 spiro atoms. The summed E-state index contributed by atoms with van der Waals surface area (Å²) in [5.74, 6) is 0.368. The summed E-state index contributed by atoms with van der Waals surface area (Å²) in [6.45, 7) is 1.87. The van der Waals surface area contributed by atoms with Crippen LogP contribution >= 0.6 is 7.82 Å². The first-order chi connectivity index (χ1) is 5.80. The van der Waals surface area contributed by atoms with Gasteiger partial charge in [-0.3, -0.25) is 0 Å². The van der Waals surface area contributed by atoms with Crippen molar-refractivity contribution < 1.29 is 179 Å². The van der Waals surface area contributed by atoms with Crippen LogP contribution in [0.25, 0.3) is 0 Å². The number of aryl methyl sites for hydroxylation is 1. The molecule has 5 nitrogen and oxygen atoms in total. The summed E-state index contributed by atoms with van der Waals surface area (Å²) in [6, 6.07) is 7.25. The Labute approximate surface area is 222 Å². The molecule has 0 aliphatic rings. The molecule has 0 heterocycles. The molecule has 1 N–H and O–H groups in total. The van der Waals surface area contributed by atoms with E-state index in [1.54, 1.807) is 6.07 Å². The van der Waals surface area contributed by atoms with Crippen LogP contribution in [0.3, 0.4) is 0 Å². The number of para-hydroxylation sites is 1. The van der Waals surface area contributed by atoms with Crippen LogP contribution in [0.15, 0.2) is 24.3 Å². The van der Waals surface area contributed by atoms with E-state index >= 15 is 0 Å². The molecule has 0 saturated heterocycles. The topological polar surface area (TPSA) is 106 Å². The first-order valence-corrected chi connectivity index (χ1v) is 4.74. The number of hydrogen-bond donors (Lipinski definition) is 1. The zero-order valence-electron chi connectivity index (χ0n) is 9.84. The van der Waals surface area contributed by atoms with Crippen LogP contribution in [0.5, 0.6) is 5.75 Å². The van der Waals surface area contributed by atoms with E-state index in [-0.39, 0.29) is 154 Å². The fourth-order valence-corrected chi connectivity index (χ4v) is 0.563. The number of phenolic OH excluding ortho intramolecular Hbond substituents is 1. The molecule has 9 heteroatoms. The monoisotopic (exact) mass is 320 g/mol. The minimum absolute atomic E-state index is 0. The van der Waals surface area contributed by atoms with Gasteiger partial charge < -0.3 is 24.4 Å². The molecule has 16 heavy (non-hydrogen) atoms. The first-order valence-electron chi connectivity index (χ1n) is 3.28. The average molecular weight is 320 g/mol. The van der Waals surface area contributed by atoms with Gasteiger partial charge >= 0.3 is 154 Å². The van der Waals surface area contributed by atoms with Crippen molar-refractivity contribution in [1.82, 2.24) is 0 Å². The van der Waals surface area contributed by atoms with E-state index in [0.29, 0.717) is 5.75 Å². The molecule has 0 aliphatic heterocycles. The largest absolute Gasteiger partial charge is 1.00 e. The summed E-state index contributed by atoms with van der Waals surface area (Å²) in [5, 5.41) is 8.92. The predicted octanol–water partition coefficient (Wildman–Crippen LogP) is -10.1. The van der Waals surface area contributed by atoms with Gasteiger partial charge in [-0.2, -0.15) is 7.82 Å². The van der Waals surface area contributed by atoms with Crippen molar-refractivity contribution >= 4 is 7.82 Å². The van der Waals surface area contributed by atoms with E-state index in [4.69, 9.17) is 24.4 Å². The van der Waals surface area contributed by atoms with E-state index < -0.39 is 7.82 Å². The van der Waals surface area contributed by atoms with E-state index in [1.807, 2.05) is 25.1 Å². The second-order valence-electron chi connectivity index (χ2n) is 2.23. The van der Waals surface area contributed by atoms with E-state index in [1.165, 1.54) is 0 Å². The molecular weight excluding hydrogens is 312 g/mol. The Hall–Kier alpha value is 4.04. The summed E-state index contributed by atoms with van der Waals surface area (Å²) in [5.41, 5.74) is 0.924. The maximum Gasteiger partial charge on any atom is 1.00 e. The van der Waals surface area contributed by atoms with E-state index in [2.05, 4.69) is 0 Å². The quantitative estimate of drug-likeness (QED) is 0.377. The molecule has 0 fully saturated rings. The fourth-order valence-electron chi connectivity index (χ4n) is 0.563. The van der Waals surface area contributed by atoms with Crippen molar-refractivity contribution in [3.63, 3.8) is 0 Å². The molecule has 0 aromatic heterocycles. The third kappa shape index (κ3) is 23.2. The Bertz CT molecular complexity index is 287. The van der Waals surface area contributed by atoms with Crippen molar-refractivity contribution in [3.8, 4) is 5.75 Å². The molecule has 1 aromatic rings. The van der Waals surface area contributed by atoms with E-state index in [9.17, 15) is 0 Å². The molecule has 0 saturated carbocycles. The van der Waals surface area contributed by atoms with Gasteiger partial charge in [-0.15, -0.1) is 0 Å². The SMILES string of the molecule is Cc1ccccc1O.O=P([O-])([O-])[O-].[K+].[K+].[K+]. The number of hydrogen-bond acceptors (Lipinski definition) is 5. The fraction of sp³-hybridized carbons (Fsp3) is 0.143. The Kier molecular flexibility index (Phi) is 27.2. The van der Waals surface area contributed by atoms with Gasteiger partial charge in [-0.1, -0.05) is 18.2 Å². The summed E-state index contributed by atoms with van der Waals surface area (Å²) >= 11 is 0. The molecule has 0 atom stereocenters. The zero-order chi connectivity index (χ0) is 10.5. The Balaban J connectivity index is -0.0000000818. The van der Waals surface area contributed by atoms with Crippen LogP contribution in [0.1, 0.15) is 5.56 Å². The first kappa shape index (κ1) is 28.2.